The van der Waals surface area contributed by atoms with Gasteiger partial charge in [-0.15, -0.1) is 0 Å². The first-order chi connectivity index (χ1) is 10.1. The highest BCUT2D eigenvalue weighted by molar-refractivity contribution is 5.83. The zero-order valence-electron chi connectivity index (χ0n) is 12.6. The maximum atomic E-state index is 12.6. The van der Waals surface area contributed by atoms with E-state index in [0.29, 0.717) is 26.1 Å². The van der Waals surface area contributed by atoms with Crippen molar-refractivity contribution >= 4 is 12.0 Å². The van der Waals surface area contributed by atoms with Crippen molar-refractivity contribution in [3.8, 4) is 0 Å². The highest BCUT2D eigenvalue weighted by Crippen LogP contribution is 2.24. The quantitative estimate of drug-likeness (QED) is 0.926. The van der Waals surface area contributed by atoms with E-state index in [9.17, 15) is 14.7 Å². The molecule has 1 N–H and O–H groups in total. The maximum Gasteiger partial charge on any atom is 0.326 e. The number of rotatable bonds is 4. The second kappa shape index (κ2) is 6.61. The summed E-state index contributed by atoms with van der Waals surface area (Å²) in [4.78, 5) is 27.4. The molecule has 1 aliphatic heterocycles. The lowest BCUT2D eigenvalue weighted by molar-refractivity contribution is -0.142. The minimum Gasteiger partial charge on any atom is -0.480 e. The largest absolute Gasteiger partial charge is 0.480 e. The first-order valence-electron chi connectivity index (χ1n) is 7.43. The van der Waals surface area contributed by atoms with Crippen LogP contribution in [0.5, 0.6) is 0 Å². The Balaban J connectivity index is 2.28. The standard InChI is InChI=1S/C16H22N2O3/c1-3-9-17(4-2)16(21)18-11-13-8-6-5-7-12(13)10-14(18)15(19)20/h5-8,14H,3-4,9-11H2,1-2H3,(H,19,20)/t14-/m1/s1. The van der Waals surface area contributed by atoms with Gasteiger partial charge in [-0.1, -0.05) is 31.2 Å². The van der Waals surface area contributed by atoms with Crippen molar-refractivity contribution in [2.45, 2.75) is 39.3 Å². The molecule has 1 aromatic rings. The van der Waals surface area contributed by atoms with E-state index in [1.54, 1.807) is 4.90 Å². The van der Waals surface area contributed by atoms with E-state index in [-0.39, 0.29) is 6.03 Å². The normalized spacial score (nSPS) is 17.2. The predicted octanol–water partition coefficient (Wildman–Crippen LogP) is 2.35. The number of nitrogens with zero attached hydrogens (tertiary/aromatic N) is 2. The predicted molar refractivity (Wildman–Crippen MR) is 80.0 cm³/mol. The third kappa shape index (κ3) is 3.17. The molecule has 5 heteroatoms. The minimum absolute atomic E-state index is 0.179. The average Bonchev–Trinajstić information content (AvgIpc) is 2.50. The lowest BCUT2D eigenvalue weighted by atomic mass is 9.94. The van der Waals surface area contributed by atoms with Crippen LogP contribution in [0.15, 0.2) is 24.3 Å². The summed E-state index contributed by atoms with van der Waals surface area (Å²) in [6, 6.07) is 6.77. The molecule has 0 saturated carbocycles. The molecular weight excluding hydrogens is 268 g/mol. The number of carbonyl (C=O) groups excluding carboxylic acids is 1. The number of aliphatic carboxylic acids is 1. The Morgan fingerprint density at radius 2 is 1.95 bits per heavy atom. The van der Waals surface area contributed by atoms with Gasteiger partial charge < -0.3 is 14.9 Å². The zero-order chi connectivity index (χ0) is 15.4. The van der Waals surface area contributed by atoms with Crippen LogP contribution >= 0.6 is 0 Å². The number of carbonyl (C=O) groups is 2. The van der Waals surface area contributed by atoms with Gasteiger partial charge in [0.2, 0.25) is 0 Å². The fraction of sp³-hybridized carbons (Fsp3) is 0.500. The van der Waals surface area contributed by atoms with E-state index < -0.39 is 12.0 Å². The van der Waals surface area contributed by atoms with Crippen LogP contribution in [-0.4, -0.2) is 46.0 Å². The molecule has 1 aliphatic rings. The van der Waals surface area contributed by atoms with Crippen molar-refractivity contribution in [2.24, 2.45) is 0 Å². The lowest BCUT2D eigenvalue weighted by Crippen LogP contribution is -2.53. The zero-order valence-corrected chi connectivity index (χ0v) is 12.6. The summed E-state index contributed by atoms with van der Waals surface area (Å²) in [7, 11) is 0. The van der Waals surface area contributed by atoms with Gasteiger partial charge in [0.05, 0.1) is 0 Å². The van der Waals surface area contributed by atoms with Gasteiger partial charge in [0.15, 0.2) is 0 Å². The highest BCUT2D eigenvalue weighted by atomic mass is 16.4. The van der Waals surface area contributed by atoms with Crippen LogP contribution < -0.4 is 0 Å². The second-order valence-corrected chi connectivity index (χ2v) is 5.32. The van der Waals surface area contributed by atoms with Gasteiger partial charge in [-0.25, -0.2) is 9.59 Å². The van der Waals surface area contributed by atoms with E-state index in [2.05, 4.69) is 0 Å². The van der Waals surface area contributed by atoms with Crippen molar-refractivity contribution < 1.29 is 14.7 Å². The van der Waals surface area contributed by atoms with Crippen molar-refractivity contribution in [3.05, 3.63) is 35.4 Å². The van der Waals surface area contributed by atoms with Crippen LogP contribution in [-0.2, 0) is 17.8 Å². The molecule has 0 spiro atoms. The Morgan fingerprint density at radius 1 is 1.29 bits per heavy atom. The second-order valence-electron chi connectivity index (χ2n) is 5.32. The van der Waals surface area contributed by atoms with Crippen molar-refractivity contribution in [1.29, 1.82) is 0 Å². The SMILES string of the molecule is CCCN(CC)C(=O)N1Cc2ccccc2C[C@@H]1C(=O)O. The summed E-state index contributed by atoms with van der Waals surface area (Å²) in [6.07, 6.45) is 1.24. The number of urea groups is 1. The molecule has 114 valence electrons. The van der Waals surface area contributed by atoms with Crippen LogP contribution in [0, 0.1) is 0 Å². The fourth-order valence-electron chi connectivity index (χ4n) is 2.79. The Bertz CT molecular complexity index is 530. The molecule has 0 fully saturated rings. The third-order valence-corrected chi connectivity index (χ3v) is 3.93. The summed E-state index contributed by atoms with van der Waals surface area (Å²) >= 11 is 0. The van der Waals surface area contributed by atoms with Gasteiger partial charge >= 0.3 is 12.0 Å². The molecule has 0 unspecified atom stereocenters. The van der Waals surface area contributed by atoms with Gasteiger partial charge in [-0.2, -0.15) is 0 Å². The maximum absolute atomic E-state index is 12.6. The molecule has 1 aromatic carbocycles. The summed E-state index contributed by atoms with van der Waals surface area (Å²) in [5.41, 5.74) is 2.06. The van der Waals surface area contributed by atoms with Gasteiger partial charge in [0.25, 0.3) is 0 Å². The molecule has 5 nitrogen and oxygen atoms in total. The molecule has 0 aliphatic carbocycles. The number of carboxylic acid groups (broad SMARTS) is 1. The van der Waals surface area contributed by atoms with Crippen LogP contribution in [0.4, 0.5) is 4.79 Å². The molecule has 1 atom stereocenters. The average molecular weight is 290 g/mol. The molecule has 0 aromatic heterocycles. The molecule has 0 bridgehead atoms. The number of carboxylic acids is 1. The lowest BCUT2D eigenvalue weighted by Gasteiger charge is -2.37. The van der Waals surface area contributed by atoms with Crippen molar-refractivity contribution in [1.82, 2.24) is 9.80 Å². The van der Waals surface area contributed by atoms with Crippen LogP contribution in [0.1, 0.15) is 31.4 Å². The summed E-state index contributed by atoms with van der Waals surface area (Å²) in [5.74, 6) is -0.939. The Morgan fingerprint density at radius 3 is 2.52 bits per heavy atom. The Hall–Kier alpha value is -2.04. The van der Waals surface area contributed by atoms with E-state index in [4.69, 9.17) is 0 Å². The fourth-order valence-corrected chi connectivity index (χ4v) is 2.79. The number of hydrogen-bond donors (Lipinski definition) is 1. The van der Waals surface area contributed by atoms with Gasteiger partial charge in [-0.3, -0.25) is 0 Å². The summed E-state index contributed by atoms with van der Waals surface area (Å²) in [5, 5.41) is 9.46. The molecule has 1 heterocycles. The van der Waals surface area contributed by atoms with Crippen molar-refractivity contribution in [3.63, 3.8) is 0 Å². The van der Waals surface area contributed by atoms with E-state index >= 15 is 0 Å². The third-order valence-electron chi connectivity index (χ3n) is 3.93. The molecular formula is C16H22N2O3. The summed E-state index contributed by atoms with van der Waals surface area (Å²) < 4.78 is 0. The first-order valence-corrected chi connectivity index (χ1v) is 7.43. The van der Waals surface area contributed by atoms with E-state index in [1.165, 1.54) is 4.90 Å². The van der Waals surface area contributed by atoms with Crippen molar-refractivity contribution in [2.75, 3.05) is 13.1 Å². The summed E-state index contributed by atoms with van der Waals surface area (Å²) in [6.45, 7) is 5.54. The molecule has 0 saturated heterocycles. The number of fused-ring (bicyclic) bond motifs is 1. The first kappa shape index (κ1) is 15.4. The number of amides is 2. The smallest absolute Gasteiger partial charge is 0.326 e. The van der Waals surface area contributed by atoms with Gasteiger partial charge in [-0.05, 0) is 24.5 Å². The van der Waals surface area contributed by atoms with Gasteiger partial charge in [0, 0.05) is 26.1 Å². The Kier molecular flexibility index (Phi) is 4.83. The van der Waals surface area contributed by atoms with Gasteiger partial charge in [0.1, 0.15) is 6.04 Å². The minimum atomic E-state index is -0.939. The monoisotopic (exact) mass is 290 g/mol. The Labute approximate surface area is 125 Å². The van der Waals surface area contributed by atoms with E-state index in [1.807, 2.05) is 38.1 Å². The van der Waals surface area contributed by atoms with Crippen LogP contribution in [0.25, 0.3) is 0 Å². The molecule has 21 heavy (non-hydrogen) atoms. The topological polar surface area (TPSA) is 60.9 Å². The molecule has 2 amide bonds. The number of benzene rings is 1. The van der Waals surface area contributed by atoms with E-state index in [0.717, 1.165) is 17.5 Å². The number of hydrogen-bond acceptors (Lipinski definition) is 2. The molecule has 2 rings (SSSR count). The molecule has 0 radical (unpaired) electrons. The van der Waals surface area contributed by atoms with Crippen LogP contribution in [0.3, 0.4) is 0 Å². The highest BCUT2D eigenvalue weighted by Gasteiger charge is 2.36. The van der Waals surface area contributed by atoms with Crippen LogP contribution in [0.2, 0.25) is 0 Å².